The van der Waals surface area contributed by atoms with Crippen molar-refractivity contribution >= 4 is 10.0 Å². The lowest BCUT2D eigenvalue weighted by molar-refractivity contribution is 0.563. The maximum absolute atomic E-state index is 12.0. The molecule has 4 heteroatoms. The van der Waals surface area contributed by atoms with Crippen LogP contribution in [0.4, 0.5) is 0 Å². The molecule has 0 aliphatic heterocycles. The molecule has 1 atom stereocenters. The number of hydrogen-bond acceptors (Lipinski definition) is 2. The zero-order valence-electron chi connectivity index (χ0n) is 9.60. The lowest BCUT2D eigenvalue weighted by Gasteiger charge is -2.16. The van der Waals surface area contributed by atoms with E-state index in [9.17, 15) is 8.42 Å². The fourth-order valence-corrected chi connectivity index (χ4v) is 3.54. The van der Waals surface area contributed by atoms with Crippen molar-refractivity contribution in [1.29, 1.82) is 0 Å². The molecule has 0 spiro atoms. The Hall–Kier alpha value is -0.870. The number of hydrogen-bond donors (Lipinski definition) is 1. The summed E-state index contributed by atoms with van der Waals surface area (Å²) < 4.78 is 26.4. The Balaban J connectivity index is 2.37. The molecule has 1 aliphatic carbocycles. The van der Waals surface area contributed by atoms with Crippen molar-refractivity contribution in [3.8, 4) is 0 Å². The zero-order chi connectivity index (χ0) is 11.8. The van der Waals surface area contributed by atoms with E-state index in [4.69, 9.17) is 0 Å². The Kier molecular flexibility index (Phi) is 3.04. The molecule has 88 valence electrons. The maximum atomic E-state index is 12.0. The molecular weight excluding hydrogens is 222 g/mol. The van der Waals surface area contributed by atoms with Gasteiger partial charge in [-0.05, 0) is 38.3 Å². The minimum absolute atomic E-state index is 0.292. The summed E-state index contributed by atoms with van der Waals surface area (Å²) in [6, 6.07) is 7.78. The first kappa shape index (κ1) is 11.6. The van der Waals surface area contributed by atoms with Crippen molar-refractivity contribution in [2.24, 2.45) is 5.92 Å². The van der Waals surface area contributed by atoms with Crippen LogP contribution < -0.4 is 4.72 Å². The second-order valence-corrected chi connectivity index (χ2v) is 6.42. The van der Waals surface area contributed by atoms with Gasteiger partial charge in [0, 0.05) is 0 Å². The molecule has 1 unspecified atom stereocenters. The average molecular weight is 239 g/mol. The van der Waals surface area contributed by atoms with Gasteiger partial charge in [0.1, 0.15) is 5.25 Å². The Labute approximate surface area is 96.9 Å². The predicted octanol–water partition coefficient (Wildman–Crippen LogP) is 2.00. The highest BCUT2D eigenvalue weighted by molar-refractivity contribution is 7.89. The molecule has 0 aromatic heterocycles. The van der Waals surface area contributed by atoms with E-state index in [1.807, 2.05) is 31.2 Å². The van der Waals surface area contributed by atoms with Crippen LogP contribution in [0.5, 0.6) is 0 Å². The molecule has 1 fully saturated rings. The fourth-order valence-electron chi connectivity index (χ4n) is 1.99. The van der Waals surface area contributed by atoms with Crippen molar-refractivity contribution in [2.75, 3.05) is 7.05 Å². The van der Waals surface area contributed by atoms with Gasteiger partial charge < -0.3 is 0 Å². The first-order valence-electron chi connectivity index (χ1n) is 5.53. The Morgan fingerprint density at radius 1 is 1.25 bits per heavy atom. The van der Waals surface area contributed by atoms with E-state index in [0.717, 1.165) is 24.0 Å². The normalized spacial score (nSPS) is 18.4. The van der Waals surface area contributed by atoms with Gasteiger partial charge in [-0.15, -0.1) is 0 Å². The summed E-state index contributed by atoms with van der Waals surface area (Å²) in [6.07, 6.45) is 2.03. The lowest BCUT2D eigenvalue weighted by Crippen LogP contribution is -2.27. The summed E-state index contributed by atoms with van der Waals surface area (Å²) in [5.74, 6) is 0.292. The van der Waals surface area contributed by atoms with Crippen LogP contribution in [0, 0.1) is 12.8 Å². The Bertz CT molecular complexity index is 460. The molecule has 0 bridgehead atoms. The molecule has 1 aromatic carbocycles. The first-order valence-corrected chi connectivity index (χ1v) is 7.08. The molecule has 3 nitrogen and oxygen atoms in total. The van der Waals surface area contributed by atoms with E-state index in [0.29, 0.717) is 5.92 Å². The van der Waals surface area contributed by atoms with Gasteiger partial charge in [0.2, 0.25) is 10.0 Å². The van der Waals surface area contributed by atoms with E-state index >= 15 is 0 Å². The maximum Gasteiger partial charge on any atom is 0.218 e. The van der Waals surface area contributed by atoms with Crippen molar-refractivity contribution in [2.45, 2.75) is 25.0 Å². The molecule has 0 heterocycles. The Morgan fingerprint density at radius 3 is 2.25 bits per heavy atom. The quantitative estimate of drug-likeness (QED) is 0.873. The summed E-state index contributed by atoms with van der Waals surface area (Å²) in [6.45, 7) is 2.00. The lowest BCUT2D eigenvalue weighted by atomic mass is 10.1. The van der Waals surface area contributed by atoms with E-state index in [1.165, 1.54) is 7.05 Å². The van der Waals surface area contributed by atoms with Crippen LogP contribution in [0.15, 0.2) is 24.3 Å². The van der Waals surface area contributed by atoms with Crippen LogP contribution in [0.3, 0.4) is 0 Å². The van der Waals surface area contributed by atoms with Crippen LogP contribution >= 0.6 is 0 Å². The van der Waals surface area contributed by atoms with E-state index in [2.05, 4.69) is 4.72 Å². The molecule has 16 heavy (non-hydrogen) atoms. The summed E-state index contributed by atoms with van der Waals surface area (Å²) in [4.78, 5) is 0. The van der Waals surface area contributed by atoms with Gasteiger partial charge in [-0.1, -0.05) is 29.8 Å². The Morgan fingerprint density at radius 2 is 1.81 bits per heavy atom. The van der Waals surface area contributed by atoms with Gasteiger partial charge in [-0.25, -0.2) is 13.1 Å². The minimum Gasteiger partial charge on any atom is -0.218 e. The second-order valence-electron chi connectivity index (χ2n) is 4.42. The highest BCUT2D eigenvalue weighted by Gasteiger charge is 2.40. The highest BCUT2D eigenvalue weighted by Crippen LogP contribution is 2.45. The molecule has 1 saturated carbocycles. The third-order valence-electron chi connectivity index (χ3n) is 3.07. The predicted molar refractivity (Wildman–Crippen MR) is 64.6 cm³/mol. The van der Waals surface area contributed by atoms with Gasteiger partial charge in [0.15, 0.2) is 0 Å². The van der Waals surface area contributed by atoms with Crippen LogP contribution in [0.2, 0.25) is 0 Å². The molecule has 0 amide bonds. The molecule has 1 aromatic rings. The molecule has 1 N–H and O–H groups in total. The molecular formula is C12H17NO2S. The van der Waals surface area contributed by atoms with Crippen LogP contribution in [-0.4, -0.2) is 15.5 Å². The third kappa shape index (κ3) is 2.28. The zero-order valence-corrected chi connectivity index (χ0v) is 10.4. The van der Waals surface area contributed by atoms with Crippen LogP contribution in [-0.2, 0) is 10.0 Å². The standard InChI is InChI=1S/C12H17NO2S/c1-9-3-5-10(6-4-9)12(11-7-8-11)16(14,15)13-2/h3-6,11-13H,7-8H2,1-2H3. The summed E-state index contributed by atoms with van der Waals surface area (Å²) in [5.41, 5.74) is 2.06. The van der Waals surface area contributed by atoms with Gasteiger partial charge in [0.05, 0.1) is 0 Å². The van der Waals surface area contributed by atoms with Gasteiger partial charge in [-0.2, -0.15) is 0 Å². The van der Waals surface area contributed by atoms with Crippen molar-refractivity contribution < 1.29 is 8.42 Å². The molecule has 2 rings (SSSR count). The average Bonchev–Trinajstić information content (AvgIpc) is 3.05. The minimum atomic E-state index is -3.21. The van der Waals surface area contributed by atoms with Gasteiger partial charge in [0.25, 0.3) is 0 Å². The summed E-state index contributed by atoms with van der Waals surface area (Å²) in [7, 11) is -1.73. The monoisotopic (exact) mass is 239 g/mol. The number of sulfonamides is 1. The number of nitrogens with one attached hydrogen (secondary N) is 1. The first-order chi connectivity index (χ1) is 7.54. The third-order valence-corrected chi connectivity index (χ3v) is 4.97. The summed E-state index contributed by atoms with van der Waals surface area (Å²) >= 11 is 0. The van der Waals surface area contributed by atoms with Gasteiger partial charge in [-0.3, -0.25) is 0 Å². The number of benzene rings is 1. The smallest absolute Gasteiger partial charge is 0.218 e. The topological polar surface area (TPSA) is 46.2 Å². The van der Waals surface area contributed by atoms with E-state index < -0.39 is 10.0 Å². The van der Waals surface area contributed by atoms with Gasteiger partial charge >= 0.3 is 0 Å². The SMILES string of the molecule is CNS(=O)(=O)C(c1ccc(C)cc1)C1CC1. The van der Waals surface area contributed by atoms with E-state index in [-0.39, 0.29) is 5.25 Å². The van der Waals surface area contributed by atoms with Crippen molar-refractivity contribution in [3.05, 3.63) is 35.4 Å². The van der Waals surface area contributed by atoms with Crippen LogP contribution in [0.1, 0.15) is 29.2 Å². The number of rotatable bonds is 4. The highest BCUT2D eigenvalue weighted by atomic mass is 32.2. The van der Waals surface area contributed by atoms with Crippen molar-refractivity contribution in [1.82, 2.24) is 4.72 Å². The largest absolute Gasteiger partial charge is 0.218 e. The molecule has 0 saturated heterocycles. The van der Waals surface area contributed by atoms with Crippen molar-refractivity contribution in [3.63, 3.8) is 0 Å². The molecule has 1 aliphatic rings. The van der Waals surface area contributed by atoms with Crippen LogP contribution in [0.25, 0.3) is 0 Å². The second kappa shape index (κ2) is 4.18. The fraction of sp³-hybridized carbons (Fsp3) is 0.500. The summed E-state index contributed by atoms with van der Waals surface area (Å²) in [5, 5.41) is -0.377. The van der Waals surface area contributed by atoms with E-state index in [1.54, 1.807) is 0 Å². The number of aryl methyl sites for hydroxylation is 1. The molecule has 0 radical (unpaired) electrons.